The highest BCUT2D eigenvalue weighted by Gasteiger charge is 2.25. The molecule has 168 valence electrons. The van der Waals surface area contributed by atoms with E-state index >= 15 is 0 Å². The topological polar surface area (TPSA) is 54.4 Å². The van der Waals surface area contributed by atoms with Crippen LogP contribution < -0.4 is 0 Å². The zero-order valence-electron chi connectivity index (χ0n) is 18.5. The summed E-state index contributed by atoms with van der Waals surface area (Å²) in [5.74, 6) is 0. The molecule has 0 saturated heterocycles. The Kier molecular flexibility index (Phi) is 5.92. The largest absolute Gasteiger partial charge is 0.295 e. The SMILES string of the molecule is Cc1c(-c2cc(-c3ccccc3)cs2)cc(S(=O)(=O)O)c(-c2ccccc2)c1-c1ccccc1. The highest BCUT2D eigenvalue weighted by atomic mass is 32.2. The van der Waals surface area contributed by atoms with Crippen molar-refractivity contribution in [1.29, 1.82) is 0 Å². The summed E-state index contributed by atoms with van der Waals surface area (Å²) in [6, 6.07) is 32.9. The third kappa shape index (κ3) is 4.21. The number of thiophene rings is 1. The Bertz CT molecular complexity index is 1550. The highest BCUT2D eigenvalue weighted by molar-refractivity contribution is 7.86. The van der Waals surface area contributed by atoms with Crippen LogP contribution in [0.1, 0.15) is 5.56 Å². The molecule has 5 aromatic rings. The van der Waals surface area contributed by atoms with Gasteiger partial charge in [0.1, 0.15) is 4.90 Å². The van der Waals surface area contributed by atoms with Gasteiger partial charge in [0.2, 0.25) is 0 Å². The maximum Gasteiger partial charge on any atom is 0.295 e. The van der Waals surface area contributed by atoms with Gasteiger partial charge in [-0.15, -0.1) is 11.3 Å². The van der Waals surface area contributed by atoms with Crippen molar-refractivity contribution >= 4 is 21.5 Å². The summed E-state index contributed by atoms with van der Waals surface area (Å²) >= 11 is 1.56. The molecule has 0 saturated carbocycles. The first-order valence-electron chi connectivity index (χ1n) is 10.8. The fraction of sp³-hybridized carbons (Fsp3) is 0.0345. The van der Waals surface area contributed by atoms with Crippen LogP contribution in [0.2, 0.25) is 0 Å². The Hall–Kier alpha value is -3.51. The summed E-state index contributed by atoms with van der Waals surface area (Å²) in [4.78, 5) is 0.853. The van der Waals surface area contributed by atoms with Crippen LogP contribution in [0.5, 0.6) is 0 Å². The van der Waals surface area contributed by atoms with Gasteiger partial charge in [0.15, 0.2) is 0 Å². The van der Waals surface area contributed by atoms with E-state index in [1.807, 2.05) is 85.8 Å². The molecule has 1 heterocycles. The lowest BCUT2D eigenvalue weighted by Gasteiger charge is -2.20. The molecule has 5 rings (SSSR count). The van der Waals surface area contributed by atoms with E-state index in [4.69, 9.17) is 0 Å². The molecule has 0 aliphatic rings. The Morgan fingerprint density at radius 1 is 0.647 bits per heavy atom. The molecule has 0 aliphatic heterocycles. The van der Waals surface area contributed by atoms with E-state index in [0.717, 1.165) is 43.8 Å². The fourth-order valence-electron chi connectivity index (χ4n) is 4.33. The Morgan fingerprint density at radius 3 is 1.68 bits per heavy atom. The first kappa shape index (κ1) is 22.3. The molecule has 1 aromatic heterocycles. The summed E-state index contributed by atoms with van der Waals surface area (Å²) in [6.07, 6.45) is 0. The van der Waals surface area contributed by atoms with Crippen molar-refractivity contribution in [3.05, 3.63) is 114 Å². The van der Waals surface area contributed by atoms with E-state index in [0.29, 0.717) is 5.56 Å². The summed E-state index contributed by atoms with van der Waals surface area (Å²) in [7, 11) is -4.50. The number of rotatable bonds is 5. The Balaban J connectivity index is 1.83. The predicted molar refractivity (Wildman–Crippen MR) is 141 cm³/mol. The molecule has 0 radical (unpaired) electrons. The fourth-order valence-corrected chi connectivity index (χ4v) is 6.07. The summed E-state index contributed by atoms with van der Waals surface area (Å²) in [6.45, 7) is 2.01. The molecule has 3 nitrogen and oxygen atoms in total. The molecule has 0 bridgehead atoms. The third-order valence-corrected chi connectivity index (χ3v) is 7.77. The van der Waals surface area contributed by atoms with Crippen LogP contribution in [-0.2, 0) is 10.1 Å². The normalized spacial score (nSPS) is 11.5. The monoisotopic (exact) mass is 482 g/mol. The van der Waals surface area contributed by atoms with E-state index in [1.54, 1.807) is 17.4 Å². The Labute approximate surface area is 203 Å². The lowest BCUT2D eigenvalue weighted by molar-refractivity contribution is 0.483. The molecule has 0 spiro atoms. The van der Waals surface area contributed by atoms with Crippen molar-refractivity contribution < 1.29 is 13.0 Å². The van der Waals surface area contributed by atoms with Gasteiger partial charge in [-0.25, -0.2) is 0 Å². The number of hydrogen-bond donors (Lipinski definition) is 1. The quantitative estimate of drug-likeness (QED) is 0.258. The molecule has 0 atom stereocenters. The first-order chi connectivity index (χ1) is 16.4. The minimum absolute atomic E-state index is 0.0900. The van der Waals surface area contributed by atoms with E-state index in [2.05, 4.69) is 23.6 Å². The van der Waals surface area contributed by atoms with Gasteiger partial charge >= 0.3 is 0 Å². The van der Waals surface area contributed by atoms with E-state index in [-0.39, 0.29) is 4.90 Å². The van der Waals surface area contributed by atoms with Gasteiger partial charge < -0.3 is 0 Å². The van der Waals surface area contributed by atoms with Crippen molar-refractivity contribution in [3.8, 4) is 43.8 Å². The molecular weight excluding hydrogens is 460 g/mol. The second kappa shape index (κ2) is 9.03. The summed E-state index contributed by atoms with van der Waals surface area (Å²) in [5, 5.41) is 2.07. The third-order valence-electron chi connectivity index (χ3n) is 5.93. The van der Waals surface area contributed by atoms with Crippen molar-refractivity contribution in [2.45, 2.75) is 11.8 Å². The Morgan fingerprint density at radius 2 is 1.15 bits per heavy atom. The molecule has 34 heavy (non-hydrogen) atoms. The summed E-state index contributed by atoms with van der Waals surface area (Å²) in [5.41, 5.74) is 6.85. The van der Waals surface area contributed by atoms with Crippen molar-refractivity contribution in [2.24, 2.45) is 0 Å². The van der Waals surface area contributed by atoms with Crippen molar-refractivity contribution in [1.82, 2.24) is 0 Å². The van der Waals surface area contributed by atoms with Gasteiger partial charge in [0, 0.05) is 10.4 Å². The molecule has 0 unspecified atom stereocenters. The van der Waals surface area contributed by atoms with Crippen LogP contribution in [-0.4, -0.2) is 13.0 Å². The van der Waals surface area contributed by atoms with Crippen molar-refractivity contribution in [3.63, 3.8) is 0 Å². The van der Waals surface area contributed by atoms with Gasteiger partial charge in [0.05, 0.1) is 0 Å². The lowest BCUT2D eigenvalue weighted by Crippen LogP contribution is -2.05. The zero-order valence-corrected chi connectivity index (χ0v) is 20.1. The number of hydrogen-bond acceptors (Lipinski definition) is 3. The average molecular weight is 483 g/mol. The zero-order chi connectivity index (χ0) is 23.7. The van der Waals surface area contributed by atoms with E-state index in [1.165, 1.54) is 0 Å². The molecule has 0 fully saturated rings. The lowest BCUT2D eigenvalue weighted by atomic mass is 9.87. The van der Waals surface area contributed by atoms with E-state index in [9.17, 15) is 13.0 Å². The minimum Gasteiger partial charge on any atom is -0.282 e. The van der Waals surface area contributed by atoms with Gasteiger partial charge in [-0.2, -0.15) is 8.42 Å². The average Bonchev–Trinajstić information content (AvgIpc) is 3.35. The van der Waals surface area contributed by atoms with Crippen LogP contribution in [0, 0.1) is 6.92 Å². The first-order valence-corrected chi connectivity index (χ1v) is 13.2. The van der Waals surface area contributed by atoms with Crippen LogP contribution in [0.3, 0.4) is 0 Å². The summed E-state index contributed by atoms with van der Waals surface area (Å²) < 4.78 is 35.7. The number of benzene rings is 4. The second-order valence-corrected chi connectivity index (χ2v) is 10.4. The van der Waals surface area contributed by atoms with Gasteiger partial charge in [-0.05, 0) is 63.4 Å². The predicted octanol–water partition coefficient (Wildman–Crippen LogP) is 7.97. The smallest absolute Gasteiger partial charge is 0.282 e. The van der Waals surface area contributed by atoms with Crippen LogP contribution >= 0.6 is 11.3 Å². The molecule has 1 N–H and O–H groups in total. The highest BCUT2D eigenvalue weighted by Crippen LogP contribution is 2.45. The van der Waals surface area contributed by atoms with E-state index < -0.39 is 10.1 Å². The maximum atomic E-state index is 12.7. The van der Waals surface area contributed by atoms with Crippen molar-refractivity contribution in [2.75, 3.05) is 0 Å². The molecule has 4 aromatic carbocycles. The molecule has 0 aliphatic carbocycles. The molecule has 0 amide bonds. The van der Waals surface area contributed by atoms with Gasteiger partial charge in [-0.1, -0.05) is 91.0 Å². The maximum absolute atomic E-state index is 12.7. The van der Waals surface area contributed by atoms with Gasteiger partial charge in [0.25, 0.3) is 10.1 Å². The van der Waals surface area contributed by atoms with Crippen LogP contribution in [0.25, 0.3) is 43.8 Å². The van der Waals surface area contributed by atoms with Crippen LogP contribution in [0.15, 0.2) is 113 Å². The molecular formula is C29H22O3S2. The van der Waals surface area contributed by atoms with Gasteiger partial charge in [-0.3, -0.25) is 4.55 Å². The minimum atomic E-state index is -4.50. The molecule has 5 heteroatoms. The second-order valence-electron chi connectivity index (χ2n) is 8.07. The standard InChI is InChI=1S/C29H22O3S2/c1-20-25(26-17-24(19-33-26)21-11-5-2-6-12-21)18-27(34(30,31)32)29(23-15-9-4-10-16-23)28(20)22-13-7-3-8-14-22/h2-19H,1H3,(H,30,31,32). The van der Waals surface area contributed by atoms with Crippen LogP contribution in [0.4, 0.5) is 0 Å².